The Bertz CT molecular complexity index is 740. The minimum atomic E-state index is -0.134. The fourth-order valence-corrected chi connectivity index (χ4v) is 3.10. The third-order valence-corrected chi connectivity index (χ3v) is 4.80. The van der Waals surface area contributed by atoms with Crippen molar-refractivity contribution in [3.63, 3.8) is 0 Å². The lowest BCUT2D eigenvalue weighted by atomic mass is 9.96. The SMILES string of the molecule is O=C(NCC1CCN(C(=O)COc2ccccc2Cl)CC1)c1ccoc1. The van der Waals surface area contributed by atoms with Gasteiger partial charge in [-0.2, -0.15) is 0 Å². The molecule has 0 unspecified atom stereocenters. The second kappa shape index (κ2) is 8.76. The summed E-state index contributed by atoms with van der Waals surface area (Å²) in [5.74, 6) is 0.690. The zero-order valence-electron chi connectivity index (χ0n) is 14.3. The van der Waals surface area contributed by atoms with E-state index in [1.807, 2.05) is 12.1 Å². The van der Waals surface area contributed by atoms with Crippen molar-refractivity contribution in [3.8, 4) is 5.75 Å². The van der Waals surface area contributed by atoms with E-state index >= 15 is 0 Å². The van der Waals surface area contributed by atoms with Gasteiger partial charge in [0.15, 0.2) is 6.61 Å². The van der Waals surface area contributed by atoms with E-state index in [0.717, 1.165) is 12.8 Å². The summed E-state index contributed by atoms with van der Waals surface area (Å²) >= 11 is 6.02. The van der Waals surface area contributed by atoms with Crippen LogP contribution in [0.5, 0.6) is 5.75 Å². The highest BCUT2D eigenvalue weighted by atomic mass is 35.5. The first-order chi connectivity index (χ1) is 12.6. The van der Waals surface area contributed by atoms with Crippen molar-refractivity contribution in [2.24, 2.45) is 5.92 Å². The van der Waals surface area contributed by atoms with Gasteiger partial charge in [0.05, 0.1) is 16.8 Å². The van der Waals surface area contributed by atoms with E-state index in [4.69, 9.17) is 20.8 Å². The molecule has 7 heteroatoms. The van der Waals surface area contributed by atoms with Gasteiger partial charge in [0.25, 0.3) is 11.8 Å². The van der Waals surface area contributed by atoms with E-state index < -0.39 is 0 Å². The molecule has 0 atom stereocenters. The standard InChI is InChI=1S/C19H21ClN2O4/c20-16-3-1-2-4-17(16)26-13-18(23)22-8-5-14(6-9-22)11-21-19(24)15-7-10-25-12-15/h1-4,7,10,12,14H,5-6,8-9,11,13H2,(H,21,24). The van der Waals surface area contributed by atoms with E-state index in [1.165, 1.54) is 12.5 Å². The van der Waals surface area contributed by atoms with Gasteiger partial charge < -0.3 is 19.4 Å². The van der Waals surface area contributed by atoms with Crippen LogP contribution in [0.15, 0.2) is 47.3 Å². The number of para-hydroxylation sites is 1. The Balaban J connectivity index is 1.38. The van der Waals surface area contributed by atoms with E-state index in [-0.39, 0.29) is 18.4 Å². The second-order valence-electron chi connectivity index (χ2n) is 6.27. The van der Waals surface area contributed by atoms with Gasteiger partial charge in [0.2, 0.25) is 0 Å². The molecular formula is C19H21ClN2O4. The van der Waals surface area contributed by atoms with Crippen molar-refractivity contribution in [2.45, 2.75) is 12.8 Å². The summed E-state index contributed by atoms with van der Waals surface area (Å²) in [6.45, 7) is 1.90. The van der Waals surface area contributed by atoms with E-state index in [0.29, 0.717) is 41.9 Å². The van der Waals surface area contributed by atoms with Gasteiger partial charge in [-0.15, -0.1) is 0 Å². The summed E-state index contributed by atoms with van der Waals surface area (Å²) in [7, 11) is 0. The minimum Gasteiger partial charge on any atom is -0.482 e. The Labute approximate surface area is 157 Å². The topological polar surface area (TPSA) is 71.8 Å². The Morgan fingerprint density at radius 2 is 2.00 bits per heavy atom. The third-order valence-electron chi connectivity index (χ3n) is 4.49. The molecule has 2 aromatic rings. The maximum absolute atomic E-state index is 12.3. The van der Waals surface area contributed by atoms with Crippen LogP contribution >= 0.6 is 11.6 Å². The summed E-state index contributed by atoms with van der Waals surface area (Å²) in [4.78, 5) is 26.0. The molecule has 1 N–H and O–H groups in total. The lowest BCUT2D eigenvalue weighted by Gasteiger charge is -2.32. The van der Waals surface area contributed by atoms with Crippen molar-refractivity contribution < 1.29 is 18.7 Å². The highest BCUT2D eigenvalue weighted by molar-refractivity contribution is 6.32. The molecule has 1 aliphatic heterocycles. The van der Waals surface area contributed by atoms with Gasteiger partial charge in [0, 0.05) is 19.6 Å². The number of amides is 2. The molecule has 0 spiro atoms. The molecule has 1 saturated heterocycles. The number of ether oxygens (including phenoxy) is 1. The number of rotatable bonds is 6. The molecule has 1 fully saturated rings. The Morgan fingerprint density at radius 3 is 2.69 bits per heavy atom. The summed E-state index contributed by atoms with van der Waals surface area (Å²) in [6.07, 6.45) is 4.60. The number of halogens is 1. The molecule has 1 aromatic heterocycles. The number of carbonyl (C=O) groups excluding carboxylic acids is 2. The minimum absolute atomic E-state index is 0.0222. The van der Waals surface area contributed by atoms with Gasteiger partial charge in [0.1, 0.15) is 12.0 Å². The zero-order valence-corrected chi connectivity index (χ0v) is 15.1. The Morgan fingerprint density at radius 1 is 1.23 bits per heavy atom. The van der Waals surface area contributed by atoms with Crippen LogP contribution in [0.4, 0.5) is 0 Å². The fourth-order valence-electron chi connectivity index (χ4n) is 2.91. The van der Waals surface area contributed by atoms with Crippen LogP contribution in [0.25, 0.3) is 0 Å². The molecule has 0 bridgehead atoms. The van der Waals surface area contributed by atoms with Crippen molar-refractivity contribution in [2.75, 3.05) is 26.2 Å². The first-order valence-corrected chi connectivity index (χ1v) is 8.97. The van der Waals surface area contributed by atoms with E-state index in [2.05, 4.69) is 5.32 Å². The smallest absolute Gasteiger partial charge is 0.260 e. The summed E-state index contributed by atoms with van der Waals surface area (Å²) in [5, 5.41) is 3.40. The lowest BCUT2D eigenvalue weighted by Crippen LogP contribution is -2.43. The first kappa shape index (κ1) is 18.3. The van der Waals surface area contributed by atoms with Crippen LogP contribution in [-0.4, -0.2) is 43.0 Å². The number of nitrogens with one attached hydrogen (secondary N) is 1. The second-order valence-corrected chi connectivity index (χ2v) is 6.67. The summed E-state index contributed by atoms with van der Waals surface area (Å²) < 4.78 is 10.4. The zero-order chi connectivity index (χ0) is 18.4. The monoisotopic (exact) mass is 376 g/mol. The van der Waals surface area contributed by atoms with Crippen molar-refractivity contribution in [1.29, 1.82) is 0 Å². The van der Waals surface area contributed by atoms with E-state index in [9.17, 15) is 9.59 Å². The van der Waals surface area contributed by atoms with Crippen LogP contribution in [0.2, 0.25) is 5.02 Å². The highest BCUT2D eigenvalue weighted by Crippen LogP contribution is 2.23. The average Bonchev–Trinajstić information content (AvgIpc) is 3.20. The van der Waals surface area contributed by atoms with Gasteiger partial charge in [-0.05, 0) is 37.0 Å². The molecule has 0 aliphatic carbocycles. The summed E-state index contributed by atoms with van der Waals surface area (Å²) in [5.41, 5.74) is 0.523. The molecule has 2 heterocycles. The number of carbonyl (C=O) groups is 2. The third kappa shape index (κ3) is 4.79. The predicted molar refractivity (Wildman–Crippen MR) is 97.3 cm³/mol. The highest BCUT2D eigenvalue weighted by Gasteiger charge is 2.23. The molecule has 138 valence electrons. The van der Waals surface area contributed by atoms with Gasteiger partial charge >= 0.3 is 0 Å². The van der Waals surface area contributed by atoms with E-state index in [1.54, 1.807) is 23.1 Å². The Kier molecular flexibility index (Phi) is 6.17. The van der Waals surface area contributed by atoms with Crippen LogP contribution in [0, 0.1) is 5.92 Å². The maximum atomic E-state index is 12.3. The number of furan rings is 1. The molecule has 0 saturated carbocycles. The molecule has 2 amide bonds. The molecule has 0 radical (unpaired) electrons. The van der Waals surface area contributed by atoms with Crippen molar-refractivity contribution in [1.82, 2.24) is 10.2 Å². The van der Waals surface area contributed by atoms with Crippen LogP contribution in [0.1, 0.15) is 23.2 Å². The number of hydrogen-bond donors (Lipinski definition) is 1. The van der Waals surface area contributed by atoms with Gasteiger partial charge in [-0.25, -0.2) is 0 Å². The van der Waals surface area contributed by atoms with Gasteiger partial charge in [-0.1, -0.05) is 23.7 Å². The van der Waals surface area contributed by atoms with Crippen molar-refractivity contribution in [3.05, 3.63) is 53.4 Å². The molecule has 26 heavy (non-hydrogen) atoms. The number of piperidine rings is 1. The summed E-state index contributed by atoms with van der Waals surface area (Å²) in [6, 6.07) is 8.73. The molecular weight excluding hydrogens is 356 g/mol. The number of nitrogens with zero attached hydrogens (tertiary/aromatic N) is 1. The first-order valence-electron chi connectivity index (χ1n) is 8.59. The lowest BCUT2D eigenvalue weighted by molar-refractivity contribution is -0.134. The molecule has 1 aliphatic rings. The normalized spacial score (nSPS) is 14.9. The van der Waals surface area contributed by atoms with Crippen LogP contribution in [-0.2, 0) is 4.79 Å². The molecule has 1 aromatic carbocycles. The van der Waals surface area contributed by atoms with Crippen LogP contribution in [0.3, 0.4) is 0 Å². The molecule has 3 rings (SSSR count). The van der Waals surface area contributed by atoms with Gasteiger partial charge in [-0.3, -0.25) is 9.59 Å². The predicted octanol–water partition coefficient (Wildman–Crippen LogP) is 2.98. The quantitative estimate of drug-likeness (QED) is 0.841. The Hall–Kier alpha value is -2.47. The maximum Gasteiger partial charge on any atom is 0.260 e. The molecule has 6 nitrogen and oxygen atoms in total. The fraction of sp³-hybridized carbons (Fsp3) is 0.368. The average molecular weight is 377 g/mol. The number of likely N-dealkylation sites (tertiary alicyclic amines) is 1. The largest absolute Gasteiger partial charge is 0.482 e. The van der Waals surface area contributed by atoms with Crippen LogP contribution < -0.4 is 10.1 Å². The number of benzene rings is 1. The van der Waals surface area contributed by atoms with Crippen molar-refractivity contribution >= 4 is 23.4 Å². The number of hydrogen-bond acceptors (Lipinski definition) is 4.